The quantitative estimate of drug-likeness (QED) is 0.587. The largest absolute Gasteiger partial charge is 0.297 e. The molecule has 0 unspecified atom stereocenters. The third-order valence-electron chi connectivity index (χ3n) is 4.70. The summed E-state index contributed by atoms with van der Waals surface area (Å²) in [6.45, 7) is 16.2. The molecule has 0 radical (unpaired) electrons. The van der Waals surface area contributed by atoms with Crippen molar-refractivity contribution in [1.82, 2.24) is 4.90 Å². The average Bonchev–Trinajstić information content (AvgIpc) is 2.21. The standard InChI is InChI=1S/C18H31N/c1-16(2,3)10-7-15-8-11-18(12-9-15)13-19(14-18)17(4,5)6/h15H,8-9,11-14H2,1-6H3. The fourth-order valence-electron chi connectivity index (χ4n) is 3.25. The molecule has 0 aromatic carbocycles. The van der Waals surface area contributed by atoms with E-state index < -0.39 is 0 Å². The van der Waals surface area contributed by atoms with Gasteiger partial charge in [-0.2, -0.15) is 0 Å². The highest BCUT2D eigenvalue weighted by molar-refractivity contribution is 5.12. The molecule has 2 fully saturated rings. The summed E-state index contributed by atoms with van der Waals surface area (Å²) in [5, 5.41) is 0. The minimum atomic E-state index is 0.161. The van der Waals surface area contributed by atoms with E-state index in [1.54, 1.807) is 0 Å². The van der Waals surface area contributed by atoms with Crippen LogP contribution in [0.2, 0.25) is 0 Å². The Labute approximate surface area is 120 Å². The lowest BCUT2D eigenvalue weighted by Gasteiger charge is -2.58. The Morgan fingerprint density at radius 1 is 0.947 bits per heavy atom. The van der Waals surface area contributed by atoms with Crippen LogP contribution >= 0.6 is 0 Å². The number of rotatable bonds is 0. The molecular formula is C18H31N. The summed E-state index contributed by atoms with van der Waals surface area (Å²) in [5.41, 5.74) is 1.16. The fourth-order valence-corrected chi connectivity index (χ4v) is 3.25. The van der Waals surface area contributed by atoms with E-state index in [1.807, 2.05) is 0 Å². The maximum atomic E-state index is 3.53. The first-order valence-electron chi connectivity index (χ1n) is 7.88. The highest BCUT2D eigenvalue weighted by Gasteiger charge is 2.47. The molecular weight excluding hydrogens is 230 g/mol. The van der Waals surface area contributed by atoms with Crippen LogP contribution < -0.4 is 0 Å². The fraction of sp³-hybridized carbons (Fsp3) is 0.889. The second-order valence-corrected chi connectivity index (χ2v) is 8.82. The molecule has 0 amide bonds. The Balaban J connectivity index is 1.83. The monoisotopic (exact) mass is 261 g/mol. The van der Waals surface area contributed by atoms with Gasteiger partial charge in [0.1, 0.15) is 0 Å². The molecule has 1 aliphatic carbocycles. The summed E-state index contributed by atoms with van der Waals surface area (Å²) < 4.78 is 0. The van der Waals surface area contributed by atoms with E-state index in [1.165, 1.54) is 38.8 Å². The summed E-state index contributed by atoms with van der Waals surface area (Å²) >= 11 is 0. The highest BCUT2D eigenvalue weighted by Crippen LogP contribution is 2.47. The van der Waals surface area contributed by atoms with Gasteiger partial charge in [-0.3, -0.25) is 4.90 Å². The van der Waals surface area contributed by atoms with Crippen molar-refractivity contribution in [3.8, 4) is 11.8 Å². The molecule has 108 valence electrons. The van der Waals surface area contributed by atoms with Crippen LogP contribution in [0.25, 0.3) is 0 Å². The van der Waals surface area contributed by atoms with Gasteiger partial charge >= 0.3 is 0 Å². The molecule has 1 nitrogen and oxygen atoms in total. The van der Waals surface area contributed by atoms with Gasteiger partial charge in [0, 0.05) is 30.0 Å². The Bertz CT molecular complexity index is 367. The van der Waals surface area contributed by atoms with E-state index in [4.69, 9.17) is 0 Å². The summed E-state index contributed by atoms with van der Waals surface area (Å²) in [7, 11) is 0. The van der Waals surface area contributed by atoms with Gasteiger partial charge in [-0.05, 0) is 72.6 Å². The maximum Gasteiger partial charge on any atom is 0.0230 e. The minimum absolute atomic E-state index is 0.161. The lowest BCUT2D eigenvalue weighted by Crippen LogP contribution is -2.63. The molecule has 0 aromatic rings. The van der Waals surface area contributed by atoms with Gasteiger partial charge in [-0.1, -0.05) is 11.8 Å². The zero-order chi connectivity index (χ0) is 14.3. The summed E-state index contributed by atoms with van der Waals surface area (Å²) in [4.78, 5) is 2.63. The van der Waals surface area contributed by atoms with Crippen molar-refractivity contribution in [2.45, 2.75) is 72.8 Å². The van der Waals surface area contributed by atoms with Crippen molar-refractivity contribution in [1.29, 1.82) is 0 Å². The third-order valence-corrected chi connectivity index (χ3v) is 4.70. The normalized spacial score (nSPS) is 24.7. The second kappa shape index (κ2) is 4.81. The van der Waals surface area contributed by atoms with Crippen LogP contribution in [0.15, 0.2) is 0 Å². The van der Waals surface area contributed by atoms with Crippen molar-refractivity contribution in [2.24, 2.45) is 16.7 Å². The van der Waals surface area contributed by atoms with E-state index in [0.717, 1.165) is 0 Å². The molecule has 19 heavy (non-hydrogen) atoms. The maximum absolute atomic E-state index is 3.53. The number of nitrogens with zero attached hydrogens (tertiary/aromatic N) is 1. The van der Waals surface area contributed by atoms with Crippen LogP contribution in [0.1, 0.15) is 67.2 Å². The summed E-state index contributed by atoms with van der Waals surface area (Å²) in [5.74, 6) is 7.61. The summed E-state index contributed by atoms with van der Waals surface area (Å²) in [6, 6.07) is 0. The van der Waals surface area contributed by atoms with Crippen LogP contribution in [0, 0.1) is 28.6 Å². The Hall–Kier alpha value is -0.480. The van der Waals surface area contributed by atoms with E-state index in [0.29, 0.717) is 16.9 Å². The molecule has 1 saturated heterocycles. The smallest absolute Gasteiger partial charge is 0.0230 e. The second-order valence-electron chi connectivity index (χ2n) is 8.82. The number of hydrogen-bond acceptors (Lipinski definition) is 1. The first-order valence-corrected chi connectivity index (χ1v) is 7.88. The van der Waals surface area contributed by atoms with E-state index in [9.17, 15) is 0 Å². The van der Waals surface area contributed by atoms with Crippen LogP contribution in [0.5, 0.6) is 0 Å². The summed E-state index contributed by atoms with van der Waals surface area (Å²) in [6.07, 6.45) is 5.42. The van der Waals surface area contributed by atoms with Crippen molar-refractivity contribution in [3.63, 3.8) is 0 Å². The Kier molecular flexibility index (Phi) is 3.78. The Morgan fingerprint density at radius 2 is 1.47 bits per heavy atom. The van der Waals surface area contributed by atoms with Crippen molar-refractivity contribution in [2.75, 3.05) is 13.1 Å². The van der Waals surface area contributed by atoms with Gasteiger partial charge in [-0.25, -0.2) is 0 Å². The zero-order valence-electron chi connectivity index (χ0n) is 13.8. The molecule has 1 aliphatic heterocycles. The number of likely N-dealkylation sites (tertiary alicyclic amines) is 1. The molecule has 1 spiro atoms. The van der Waals surface area contributed by atoms with Gasteiger partial charge in [0.25, 0.3) is 0 Å². The van der Waals surface area contributed by atoms with Crippen molar-refractivity contribution < 1.29 is 0 Å². The van der Waals surface area contributed by atoms with Crippen molar-refractivity contribution >= 4 is 0 Å². The zero-order valence-corrected chi connectivity index (χ0v) is 13.8. The minimum Gasteiger partial charge on any atom is -0.297 e. The van der Waals surface area contributed by atoms with Crippen LogP contribution in [0.3, 0.4) is 0 Å². The lowest BCUT2D eigenvalue weighted by atomic mass is 9.65. The molecule has 0 bridgehead atoms. The molecule has 2 aliphatic rings. The molecule has 1 heterocycles. The van der Waals surface area contributed by atoms with Crippen LogP contribution in [-0.4, -0.2) is 23.5 Å². The van der Waals surface area contributed by atoms with E-state index in [-0.39, 0.29) is 5.41 Å². The van der Waals surface area contributed by atoms with Gasteiger partial charge < -0.3 is 0 Å². The van der Waals surface area contributed by atoms with E-state index in [2.05, 4.69) is 58.3 Å². The molecule has 0 atom stereocenters. The van der Waals surface area contributed by atoms with Crippen LogP contribution in [-0.2, 0) is 0 Å². The molecule has 1 saturated carbocycles. The topological polar surface area (TPSA) is 3.24 Å². The number of hydrogen-bond donors (Lipinski definition) is 0. The van der Waals surface area contributed by atoms with Gasteiger partial charge in [-0.15, -0.1) is 0 Å². The lowest BCUT2D eigenvalue weighted by molar-refractivity contribution is -0.0821. The average molecular weight is 261 g/mol. The molecule has 0 aromatic heterocycles. The first kappa shape index (κ1) is 14.9. The van der Waals surface area contributed by atoms with Crippen molar-refractivity contribution in [3.05, 3.63) is 0 Å². The third kappa shape index (κ3) is 3.76. The van der Waals surface area contributed by atoms with Gasteiger partial charge in [0.15, 0.2) is 0 Å². The first-order chi connectivity index (χ1) is 8.60. The van der Waals surface area contributed by atoms with Gasteiger partial charge in [0.2, 0.25) is 0 Å². The van der Waals surface area contributed by atoms with Crippen LogP contribution in [0.4, 0.5) is 0 Å². The highest BCUT2D eigenvalue weighted by atomic mass is 15.3. The van der Waals surface area contributed by atoms with Gasteiger partial charge in [0.05, 0.1) is 0 Å². The molecule has 1 heteroatoms. The predicted octanol–water partition coefficient (Wildman–Crippen LogP) is 4.33. The molecule has 0 N–H and O–H groups in total. The SMILES string of the molecule is CC(C)(C)C#CC1CCC2(CC1)CN(C(C)(C)C)C2. The Morgan fingerprint density at radius 3 is 1.89 bits per heavy atom. The molecule has 2 rings (SSSR count). The van der Waals surface area contributed by atoms with E-state index >= 15 is 0 Å². The predicted molar refractivity (Wildman–Crippen MR) is 82.9 cm³/mol.